The van der Waals surface area contributed by atoms with Crippen molar-refractivity contribution in [2.45, 2.75) is 56.9 Å². The van der Waals surface area contributed by atoms with E-state index < -0.39 is 10.0 Å². The van der Waals surface area contributed by atoms with E-state index in [0.717, 1.165) is 17.7 Å². The van der Waals surface area contributed by atoms with Crippen molar-refractivity contribution in [3.63, 3.8) is 0 Å². The van der Waals surface area contributed by atoms with E-state index >= 15 is 0 Å². The molecule has 0 saturated heterocycles. The zero-order chi connectivity index (χ0) is 14.8. The van der Waals surface area contributed by atoms with E-state index in [1.165, 1.54) is 37.0 Å². The molecule has 0 spiro atoms. The van der Waals surface area contributed by atoms with Gasteiger partial charge in [-0.25, -0.2) is 13.1 Å². The fourth-order valence-electron chi connectivity index (χ4n) is 1.96. The first-order valence-electron chi connectivity index (χ1n) is 7.32. The summed E-state index contributed by atoms with van der Waals surface area (Å²) in [5.74, 6) is 0. The Balaban J connectivity index is 2.30. The Morgan fingerprint density at radius 1 is 1.15 bits per heavy atom. The molecule has 1 aromatic heterocycles. The molecule has 0 unspecified atom stereocenters. The van der Waals surface area contributed by atoms with Gasteiger partial charge in [0.05, 0.1) is 4.90 Å². The Morgan fingerprint density at radius 2 is 1.85 bits per heavy atom. The number of thiophene rings is 1. The summed E-state index contributed by atoms with van der Waals surface area (Å²) >= 11 is 1.47. The monoisotopic (exact) mass is 318 g/mol. The molecule has 1 aromatic rings. The fourth-order valence-corrected chi connectivity index (χ4v) is 4.32. The van der Waals surface area contributed by atoms with Crippen molar-refractivity contribution in [1.29, 1.82) is 0 Å². The fraction of sp³-hybridized carbons (Fsp3) is 0.714. The highest BCUT2D eigenvalue weighted by molar-refractivity contribution is 7.89. The molecular formula is C14H26N2O2S2. The van der Waals surface area contributed by atoms with Crippen molar-refractivity contribution in [3.05, 3.63) is 16.3 Å². The lowest BCUT2D eigenvalue weighted by atomic mass is 10.1. The van der Waals surface area contributed by atoms with Gasteiger partial charge in [0.25, 0.3) is 0 Å². The molecule has 0 saturated carbocycles. The SMILES string of the molecule is CCCCCCCCNS(=O)(=O)c1csc(CNC)c1. The number of sulfonamides is 1. The van der Waals surface area contributed by atoms with E-state index in [0.29, 0.717) is 18.0 Å². The van der Waals surface area contributed by atoms with E-state index in [2.05, 4.69) is 17.0 Å². The molecule has 116 valence electrons. The second-order valence-corrected chi connectivity index (χ2v) is 7.71. The lowest BCUT2D eigenvalue weighted by molar-refractivity contribution is 0.568. The van der Waals surface area contributed by atoms with Gasteiger partial charge in [-0.05, 0) is 19.5 Å². The van der Waals surface area contributed by atoms with Gasteiger partial charge in [0.2, 0.25) is 10.0 Å². The summed E-state index contributed by atoms with van der Waals surface area (Å²) in [6.07, 6.45) is 6.96. The predicted molar refractivity (Wildman–Crippen MR) is 85.6 cm³/mol. The van der Waals surface area contributed by atoms with Gasteiger partial charge >= 0.3 is 0 Å². The van der Waals surface area contributed by atoms with Crippen LogP contribution in [0.5, 0.6) is 0 Å². The van der Waals surface area contributed by atoms with Crippen LogP contribution in [-0.4, -0.2) is 22.0 Å². The van der Waals surface area contributed by atoms with Crippen LogP contribution in [0, 0.1) is 0 Å². The van der Waals surface area contributed by atoms with Gasteiger partial charge in [0, 0.05) is 23.3 Å². The van der Waals surface area contributed by atoms with Crippen LogP contribution in [0.4, 0.5) is 0 Å². The molecule has 0 radical (unpaired) electrons. The topological polar surface area (TPSA) is 58.2 Å². The Labute approximate surface area is 127 Å². The Bertz CT molecular complexity index is 469. The third-order valence-corrected chi connectivity index (χ3v) is 5.64. The standard InChI is InChI=1S/C14H26N2O2S2/c1-3-4-5-6-7-8-9-16-20(17,18)14-10-13(11-15-2)19-12-14/h10,12,15-16H,3-9,11H2,1-2H3. The summed E-state index contributed by atoms with van der Waals surface area (Å²) in [7, 11) is -1.47. The van der Waals surface area contributed by atoms with Crippen molar-refractivity contribution >= 4 is 21.4 Å². The van der Waals surface area contributed by atoms with Crippen LogP contribution >= 0.6 is 11.3 Å². The zero-order valence-electron chi connectivity index (χ0n) is 12.4. The maximum atomic E-state index is 12.1. The first-order chi connectivity index (χ1) is 9.60. The van der Waals surface area contributed by atoms with Crippen molar-refractivity contribution in [2.75, 3.05) is 13.6 Å². The molecule has 2 N–H and O–H groups in total. The maximum Gasteiger partial charge on any atom is 0.241 e. The van der Waals surface area contributed by atoms with Gasteiger partial charge in [-0.2, -0.15) is 0 Å². The number of hydrogen-bond donors (Lipinski definition) is 2. The highest BCUT2D eigenvalue weighted by Gasteiger charge is 2.15. The average Bonchev–Trinajstić information content (AvgIpc) is 2.88. The maximum absolute atomic E-state index is 12.1. The van der Waals surface area contributed by atoms with Crippen molar-refractivity contribution in [2.24, 2.45) is 0 Å². The predicted octanol–water partition coefficient (Wildman–Crippen LogP) is 3.11. The van der Waals surface area contributed by atoms with Crippen LogP contribution in [0.15, 0.2) is 16.3 Å². The molecule has 0 aliphatic rings. The minimum atomic E-state index is -3.32. The molecule has 0 fully saturated rings. The molecule has 0 aliphatic carbocycles. The lowest BCUT2D eigenvalue weighted by Gasteiger charge is -2.05. The van der Waals surface area contributed by atoms with Crippen LogP contribution in [0.2, 0.25) is 0 Å². The minimum absolute atomic E-state index is 0.388. The first-order valence-corrected chi connectivity index (χ1v) is 9.68. The van der Waals surface area contributed by atoms with Gasteiger partial charge in [-0.1, -0.05) is 39.0 Å². The second kappa shape index (κ2) is 9.50. The van der Waals surface area contributed by atoms with Gasteiger partial charge in [-0.15, -0.1) is 11.3 Å². The Hall–Kier alpha value is -0.430. The number of rotatable bonds is 11. The van der Waals surface area contributed by atoms with Crippen molar-refractivity contribution in [1.82, 2.24) is 10.0 Å². The summed E-state index contributed by atoms with van der Waals surface area (Å²) in [5, 5.41) is 4.73. The number of hydrogen-bond acceptors (Lipinski definition) is 4. The Morgan fingerprint density at radius 3 is 2.55 bits per heavy atom. The molecule has 6 heteroatoms. The van der Waals surface area contributed by atoms with Crippen LogP contribution in [0.1, 0.15) is 50.3 Å². The second-order valence-electron chi connectivity index (χ2n) is 4.94. The summed E-state index contributed by atoms with van der Waals surface area (Å²) in [6, 6.07) is 1.74. The first kappa shape index (κ1) is 17.6. The summed E-state index contributed by atoms with van der Waals surface area (Å²) < 4.78 is 26.8. The van der Waals surface area contributed by atoms with E-state index in [1.54, 1.807) is 11.4 Å². The summed E-state index contributed by atoms with van der Waals surface area (Å²) in [5.41, 5.74) is 0. The average molecular weight is 319 g/mol. The van der Waals surface area contributed by atoms with Crippen LogP contribution in [0.25, 0.3) is 0 Å². The van der Waals surface area contributed by atoms with Crippen LogP contribution in [-0.2, 0) is 16.6 Å². The molecule has 1 heterocycles. The molecule has 0 aliphatic heterocycles. The van der Waals surface area contributed by atoms with Gasteiger partial charge in [-0.3, -0.25) is 0 Å². The van der Waals surface area contributed by atoms with Crippen molar-refractivity contribution in [3.8, 4) is 0 Å². The zero-order valence-corrected chi connectivity index (χ0v) is 14.1. The molecule has 0 atom stereocenters. The molecule has 0 amide bonds. The minimum Gasteiger partial charge on any atom is -0.315 e. The highest BCUT2D eigenvalue weighted by Crippen LogP contribution is 2.19. The quantitative estimate of drug-likeness (QED) is 0.616. The number of nitrogens with one attached hydrogen (secondary N) is 2. The molecule has 0 bridgehead atoms. The molecule has 20 heavy (non-hydrogen) atoms. The van der Waals surface area contributed by atoms with E-state index in [1.807, 2.05) is 7.05 Å². The van der Waals surface area contributed by atoms with Crippen LogP contribution < -0.4 is 10.0 Å². The molecule has 4 nitrogen and oxygen atoms in total. The molecular weight excluding hydrogens is 292 g/mol. The van der Waals surface area contributed by atoms with E-state index in [4.69, 9.17) is 0 Å². The van der Waals surface area contributed by atoms with Gasteiger partial charge in [0.15, 0.2) is 0 Å². The molecule has 0 aromatic carbocycles. The molecule has 1 rings (SSSR count). The third kappa shape index (κ3) is 6.35. The highest BCUT2D eigenvalue weighted by atomic mass is 32.2. The summed E-state index contributed by atoms with van der Waals surface area (Å²) in [4.78, 5) is 1.42. The van der Waals surface area contributed by atoms with E-state index in [-0.39, 0.29) is 0 Å². The van der Waals surface area contributed by atoms with Gasteiger partial charge < -0.3 is 5.32 Å². The van der Waals surface area contributed by atoms with Crippen molar-refractivity contribution < 1.29 is 8.42 Å². The third-order valence-electron chi connectivity index (χ3n) is 3.11. The smallest absolute Gasteiger partial charge is 0.241 e. The lowest BCUT2D eigenvalue weighted by Crippen LogP contribution is -2.24. The normalized spacial score (nSPS) is 11.9. The Kier molecular flexibility index (Phi) is 8.37. The van der Waals surface area contributed by atoms with E-state index in [9.17, 15) is 8.42 Å². The van der Waals surface area contributed by atoms with Crippen LogP contribution in [0.3, 0.4) is 0 Å². The summed E-state index contributed by atoms with van der Waals surface area (Å²) in [6.45, 7) is 3.43. The largest absolute Gasteiger partial charge is 0.315 e. The van der Waals surface area contributed by atoms with Gasteiger partial charge in [0.1, 0.15) is 0 Å². The number of unbranched alkanes of at least 4 members (excludes halogenated alkanes) is 5.